The van der Waals surface area contributed by atoms with Gasteiger partial charge in [0.05, 0.1) is 32.0 Å². The van der Waals surface area contributed by atoms with Crippen LogP contribution in [0, 0.1) is 0 Å². The summed E-state index contributed by atoms with van der Waals surface area (Å²) in [6, 6.07) is 0.0334. The summed E-state index contributed by atoms with van der Waals surface area (Å²) in [5, 5.41) is 20.7. The molecule has 18 heavy (non-hydrogen) atoms. The van der Waals surface area contributed by atoms with E-state index in [0.717, 1.165) is 5.82 Å². The van der Waals surface area contributed by atoms with Crippen LogP contribution in [0.5, 0.6) is 0 Å². The van der Waals surface area contributed by atoms with E-state index in [4.69, 9.17) is 9.47 Å². The molecule has 0 saturated heterocycles. The van der Waals surface area contributed by atoms with E-state index in [-0.39, 0.29) is 6.04 Å². The van der Waals surface area contributed by atoms with E-state index < -0.39 is 6.10 Å². The minimum Gasteiger partial charge on any atom is -0.389 e. The highest BCUT2D eigenvalue weighted by atomic mass is 16.5. The molecule has 0 aliphatic heterocycles. The first kappa shape index (κ1) is 15.0. The molecule has 1 aromatic rings. The average Bonchev–Trinajstić information content (AvgIpc) is 2.78. The first-order chi connectivity index (χ1) is 8.65. The molecule has 1 aromatic heterocycles. The predicted molar refractivity (Wildman–Crippen MR) is 66.1 cm³/mol. The van der Waals surface area contributed by atoms with E-state index in [1.54, 1.807) is 13.4 Å². The summed E-state index contributed by atoms with van der Waals surface area (Å²) < 4.78 is 11.9. The molecular weight excluding hydrogens is 236 g/mol. The number of hydrogen-bond donors (Lipinski definition) is 2. The molecule has 0 amide bonds. The van der Waals surface area contributed by atoms with Crippen molar-refractivity contribution in [3.05, 3.63) is 12.2 Å². The molecule has 1 rings (SSSR count). The monoisotopic (exact) mass is 258 g/mol. The van der Waals surface area contributed by atoms with Crippen molar-refractivity contribution in [3.8, 4) is 0 Å². The average molecular weight is 258 g/mol. The summed E-state index contributed by atoms with van der Waals surface area (Å²) in [6.45, 7) is 3.74. The Balaban J connectivity index is 2.18. The maximum Gasteiger partial charge on any atom is 0.149 e. The molecule has 2 N–H and O–H groups in total. The van der Waals surface area contributed by atoms with Crippen LogP contribution in [0.15, 0.2) is 6.33 Å². The van der Waals surface area contributed by atoms with E-state index in [1.165, 1.54) is 0 Å². The molecule has 0 aliphatic rings. The molecule has 7 nitrogen and oxygen atoms in total. The van der Waals surface area contributed by atoms with Crippen LogP contribution in [0.3, 0.4) is 0 Å². The number of ether oxygens (including phenoxy) is 2. The van der Waals surface area contributed by atoms with Crippen LogP contribution in [0.4, 0.5) is 0 Å². The maximum atomic E-state index is 9.69. The minimum absolute atomic E-state index is 0.0334. The second-order valence-electron chi connectivity index (χ2n) is 4.15. The summed E-state index contributed by atoms with van der Waals surface area (Å²) in [4.78, 5) is 0. The third kappa shape index (κ3) is 5.09. The third-order valence-electron chi connectivity index (χ3n) is 2.54. The van der Waals surface area contributed by atoms with Crippen molar-refractivity contribution in [1.29, 1.82) is 0 Å². The lowest BCUT2D eigenvalue weighted by Gasteiger charge is -2.16. The topological polar surface area (TPSA) is 81.4 Å². The van der Waals surface area contributed by atoms with E-state index in [0.29, 0.717) is 26.4 Å². The van der Waals surface area contributed by atoms with Crippen molar-refractivity contribution < 1.29 is 14.6 Å². The van der Waals surface area contributed by atoms with Gasteiger partial charge in [-0.15, -0.1) is 10.2 Å². The molecule has 0 spiro atoms. The zero-order chi connectivity index (χ0) is 13.4. The molecule has 0 saturated carbocycles. The van der Waals surface area contributed by atoms with Gasteiger partial charge in [-0.3, -0.25) is 0 Å². The van der Waals surface area contributed by atoms with Crippen LogP contribution in [0.1, 0.15) is 18.8 Å². The van der Waals surface area contributed by atoms with Crippen LogP contribution in [0.25, 0.3) is 0 Å². The fourth-order valence-electron chi connectivity index (χ4n) is 1.51. The molecule has 0 radical (unpaired) electrons. The van der Waals surface area contributed by atoms with Crippen LogP contribution in [-0.4, -0.2) is 59.5 Å². The number of nitrogens with one attached hydrogen (secondary N) is 1. The Morgan fingerprint density at radius 1 is 1.50 bits per heavy atom. The van der Waals surface area contributed by atoms with Crippen LogP contribution < -0.4 is 5.32 Å². The largest absolute Gasteiger partial charge is 0.389 e. The van der Waals surface area contributed by atoms with E-state index >= 15 is 0 Å². The van der Waals surface area contributed by atoms with Gasteiger partial charge in [0, 0.05) is 20.7 Å². The van der Waals surface area contributed by atoms with Crippen LogP contribution >= 0.6 is 0 Å². The molecule has 0 fully saturated rings. The van der Waals surface area contributed by atoms with Gasteiger partial charge in [-0.25, -0.2) is 0 Å². The lowest BCUT2D eigenvalue weighted by atomic mass is 10.3. The summed E-state index contributed by atoms with van der Waals surface area (Å²) >= 11 is 0. The fraction of sp³-hybridized carbons (Fsp3) is 0.818. The quantitative estimate of drug-likeness (QED) is 0.581. The third-order valence-corrected chi connectivity index (χ3v) is 2.54. The number of aliphatic hydroxyl groups is 1. The Hall–Kier alpha value is -1.02. The lowest BCUT2D eigenvalue weighted by molar-refractivity contribution is 0.0129. The second kappa shape index (κ2) is 8.15. The molecule has 1 heterocycles. The standard InChI is InChI=1S/C11H22N4O3/c1-9(11-14-13-8-15(11)2)12-6-10(16)7-18-5-4-17-3/h8-10,12,16H,4-7H2,1-3H3. The van der Waals surface area contributed by atoms with E-state index in [9.17, 15) is 5.11 Å². The van der Waals surface area contributed by atoms with Crippen molar-refractivity contribution in [2.45, 2.75) is 19.1 Å². The number of rotatable bonds is 9. The number of aliphatic hydroxyl groups excluding tert-OH is 1. The van der Waals surface area contributed by atoms with Gasteiger partial charge < -0.3 is 24.5 Å². The van der Waals surface area contributed by atoms with Gasteiger partial charge in [-0.2, -0.15) is 0 Å². The highest BCUT2D eigenvalue weighted by molar-refractivity contribution is 4.92. The predicted octanol–water partition coefficient (Wildman–Crippen LogP) is -0.510. The van der Waals surface area contributed by atoms with Crippen molar-refractivity contribution in [2.24, 2.45) is 7.05 Å². The van der Waals surface area contributed by atoms with Gasteiger partial charge in [0.2, 0.25) is 0 Å². The lowest BCUT2D eigenvalue weighted by Crippen LogP contribution is -2.33. The number of hydrogen-bond acceptors (Lipinski definition) is 6. The number of nitrogens with zero attached hydrogens (tertiary/aromatic N) is 3. The Labute approximate surface area is 107 Å². The Morgan fingerprint density at radius 3 is 2.89 bits per heavy atom. The Morgan fingerprint density at radius 2 is 2.28 bits per heavy atom. The molecule has 2 atom stereocenters. The molecule has 104 valence electrons. The first-order valence-electron chi connectivity index (χ1n) is 5.97. The van der Waals surface area contributed by atoms with Crippen molar-refractivity contribution >= 4 is 0 Å². The van der Waals surface area contributed by atoms with Crippen molar-refractivity contribution in [2.75, 3.05) is 33.5 Å². The zero-order valence-corrected chi connectivity index (χ0v) is 11.2. The Kier molecular flexibility index (Phi) is 6.81. The van der Waals surface area contributed by atoms with Gasteiger partial charge in [0.25, 0.3) is 0 Å². The highest BCUT2D eigenvalue weighted by Gasteiger charge is 2.12. The van der Waals surface area contributed by atoms with Crippen LogP contribution in [-0.2, 0) is 16.5 Å². The fourth-order valence-corrected chi connectivity index (χ4v) is 1.51. The van der Waals surface area contributed by atoms with Gasteiger partial charge in [-0.1, -0.05) is 0 Å². The maximum absolute atomic E-state index is 9.69. The summed E-state index contributed by atoms with van der Waals surface area (Å²) in [7, 11) is 3.50. The molecule has 0 bridgehead atoms. The minimum atomic E-state index is -0.544. The summed E-state index contributed by atoms with van der Waals surface area (Å²) in [5.74, 6) is 0.836. The molecule has 0 aliphatic carbocycles. The van der Waals surface area contributed by atoms with Crippen molar-refractivity contribution in [3.63, 3.8) is 0 Å². The van der Waals surface area contributed by atoms with Gasteiger partial charge in [0.15, 0.2) is 0 Å². The molecule has 7 heteroatoms. The smallest absolute Gasteiger partial charge is 0.149 e. The first-order valence-corrected chi connectivity index (χ1v) is 5.97. The number of aromatic nitrogens is 3. The Bertz CT molecular complexity index is 332. The number of methoxy groups -OCH3 is 1. The van der Waals surface area contributed by atoms with Gasteiger partial charge in [0.1, 0.15) is 12.2 Å². The van der Waals surface area contributed by atoms with E-state index in [1.807, 2.05) is 18.5 Å². The van der Waals surface area contributed by atoms with Gasteiger partial charge >= 0.3 is 0 Å². The van der Waals surface area contributed by atoms with E-state index in [2.05, 4.69) is 15.5 Å². The summed E-state index contributed by atoms with van der Waals surface area (Å²) in [6.07, 6.45) is 1.11. The van der Waals surface area contributed by atoms with Crippen LogP contribution in [0.2, 0.25) is 0 Å². The molecule has 2 unspecified atom stereocenters. The number of aryl methyl sites for hydroxylation is 1. The zero-order valence-electron chi connectivity index (χ0n) is 11.2. The molecular formula is C11H22N4O3. The second-order valence-corrected chi connectivity index (χ2v) is 4.15. The van der Waals surface area contributed by atoms with Crippen molar-refractivity contribution in [1.82, 2.24) is 20.1 Å². The normalized spacial score (nSPS) is 14.7. The van der Waals surface area contributed by atoms with Gasteiger partial charge in [-0.05, 0) is 6.92 Å². The SMILES string of the molecule is COCCOCC(O)CNC(C)c1nncn1C. The molecule has 0 aromatic carbocycles. The summed E-state index contributed by atoms with van der Waals surface area (Å²) in [5.41, 5.74) is 0. The highest BCUT2D eigenvalue weighted by Crippen LogP contribution is 2.06.